The minimum absolute atomic E-state index is 0.136. The van der Waals surface area contributed by atoms with Gasteiger partial charge in [0.15, 0.2) is 0 Å². The Kier molecular flexibility index (Phi) is 3.24. The molecule has 1 N–H and O–H groups in total. The highest BCUT2D eigenvalue weighted by atomic mass is 16.5. The standard InChI is InChI=1S/C13H18O4/c1-13(15,8-9-4-3-5-9)11-7-6-10(17-11)12(14)16-2/h6-7,9,15H,3-5,8H2,1-2H3. The van der Waals surface area contributed by atoms with Crippen molar-refractivity contribution in [3.63, 3.8) is 0 Å². The molecule has 1 atom stereocenters. The predicted octanol–water partition coefficient (Wildman–Crippen LogP) is 2.46. The van der Waals surface area contributed by atoms with E-state index in [9.17, 15) is 9.90 Å². The van der Waals surface area contributed by atoms with Gasteiger partial charge in [0.25, 0.3) is 0 Å². The van der Waals surface area contributed by atoms with Gasteiger partial charge < -0.3 is 14.3 Å². The van der Waals surface area contributed by atoms with Crippen LogP contribution in [0.2, 0.25) is 0 Å². The molecule has 0 radical (unpaired) electrons. The lowest BCUT2D eigenvalue weighted by molar-refractivity contribution is -0.00400. The van der Waals surface area contributed by atoms with Crippen LogP contribution < -0.4 is 0 Å². The van der Waals surface area contributed by atoms with Crippen LogP contribution in [0.15, 0.2) is 16.5 Å². The number of esters is 1. The summed E-state index contributed by atoms with van der Waals surface area (Å²) in [5.74, 6) is 0.619. The van der Waals surface area contributed by atoms with E-state index in [-0.39, 0.29) is 5.76 Å². The van der Waals surface area contributed by atoms with E-state index in [0.717, 1.165) is 0 Å². The maximum atomic E-state index is 11.2. The second kappa shape index (κ2) is 4.53. The van der Waals surface area contributed by atoms with Gasteiger partial charge in [0, 0.05) is 0 Å². The molecule has 1 aromatic rings. The second-order valence-electron chi connectivity index (χ2n) is 4.93. The van der Waals surface area contributed by atoms with Crippen molar-refractivity contribution in [1.29, 1.82) is 0 Å². The zero-order chi connectivity index (χ0) is 12.5. The molecule has 1 unspecified atom stereocenters. The number of methoxy groups -OCH3 is 1. The van der Waals surface area contributed by atoms with Crippen LogP contribution in [0.5, 0.6) is 0 Å². The summed E-state index contributed by atoms with van der Waals surface area (Å²) in [6.45, 7) is 1.73. The fraction of sp³-hybridized carbons (Fsp3) is 0.615. The molecule has 1 heterocycles. The molecule has 0 bridgehead atoms. The van der Waals surface area contributed by atoms with E-state index in [1.165, 1.54) is 32.4 Å². The zero-order valence-electron chi connectivity index (χ0n) is 10.2. The van der Waals surface area contributed by atoms with Gasteiger partial charge in [0.1, 0.15) is 11.4 Å². The maximum Gasteiger partial charge on any atom is 0.373 e. The average Bonchev–Trinajstić information content (AvgIpc) is 2.72. The number of carbonyl (C=O) groups is 1. The van der Waals surface area contributed by atoms with Gasteiger partial charge in [-0.05, 0) is 31.4 Å². The lowest BCUT2D eigenvalue weighted by atomic mass is 9.77. The molecule has 2 rings (SSSR count). The molecule has 94 valence electrons. The van der Waals surface area contributed by atoms with E-state index >= 15 is 0 Å². The maximum absolute atomic E-state index is 11.2. The van der Waals surface area contributed by atoms with E-state index in [0.29, 0.717) is 18.1 Å². The highest BCUT2D eigenvalue weighted by molar-refractivity contribution is 5.86. The molecule has 0 aromatic carbocycles. The fourth-order valence-corrected chi connectivity index (χ4v) is 2.20. The average molecular weight is 238 g/mol. The molecule has 0 spiro atoms. The summed E-state index contributed by atoms with van der Waals surface area (Å²) in [5, 5.41) is 10.3. The van der Waals surface area contributed by atoms with Gasteiger partial charge in [0.05, 0.1) is 7.11 Å². The molecule has 4 nitrogen and oxygen atoms in total. The van der Waals surface area contributed by atoms with Crippen LogP contribution in [0, 0.1) is 5.92 Å². The smallest absolute Gasteiger partial charge is 0.373 e. The summed E-state index contributed by atoms with van der Waals surface area (Å²) in [6, 6.07) is 3.18. The molecular weight excluding hydrogens is 220 g/mol. The molecule has 1 aromatic heterocycles. The van der Waals surface area contributed by atoms with E-state index in [2.05, 4.69) is 4.74 Å². The molecule has 4 heteroatoms. The third kappa shape index (κ3) is 2.52. The summed E-state index contributed by atoms with van der Waals surface area (Å²) < 4.78 is 9.91. The molecule has 17 heavy (non-hydrogen) atoms. The Balaban J connectivity index is 2.09. The Morgan fingerprint density at radius 3 is 2.82 bits per heavy atom. The third-order valence-corrected chi connectivity index (χ3v) is 3.43. The molecule has 1 aliphatic rings. The second-order valence-corrected chi connectivity index (χ2v) is 4.93. The van der Waals surface area contributed by atoms with Crippen molar-refractivity contribution < 1.29 is 19.1 Å². The normalized spacial score (nSPS) is 19.5. The van der Waals surface area contributed by atoms with E-state index in [4.69, 9.17) is 4.42 Å². The number of aliphatic hydroxyl groups is 1. The Morgan fingerprint density at radius 1 is 1.59 bits per heavy atom. The first-order valence-corrected chi connectivity index (χ1v) is 5.94. The lowest BCUT2D eigenvalue weighted by Gasteiger charge is -2.32. The van der Waals surface area contributed by atoms with Gasteiger partial charge in [-0.15, -0.1) is 0 Å². The SMILES string of the molecule is COC(=O)c1ccc(C(C)(O)CC2CCC2)o1. The molecule has 0 amide bonds. The van der Waals surface area contributed by atoms with Gasteiger partial charge in [-0.3, -0.25) is 0 Å². The number of hydrogen-bond donors (Lipinski definition) is 1. The third-order valence-electron chi connectivity index (χ3n) is 3.43. The summed E-state index contributed by atoms with van der Waals surface area (Å²) in [5.41, 5.74) is -1.00. The fourth-order valence-electron chi connectivity index (χ4n) is 2.20. The van der Waals surface area contributed by atoms with E-state index in [1.54, 1.807) is 13.0 Å². The lowest BCUT2D eigenvalue weighted by Crippen LogP contribution is -2.27. The Labute approximate surface area is 101 Å². The molecule has 1 fully saturated rings. The van der Waals surface area contributed by atoms with Gasteiger partial charge in [-0.1, -0.05) is 19.3 Å². The monoisotopic (exact) mass is 238 g/mol. The first-order valence-electron chi connectivity index (χ1n) is 5.94. The van der Waals surface area contributed by atoms with Gasteiger partial charge >= 0.3 is 5.97 Å². The minimum atomic E-state index is -1.00. The van der Waals surface area contributed by atoms with Crippen molar-refractivity contribution in [1.82, 2.24) is 0 Å². The first kappa shape index (κ1) is 12.2. The number of furan rings is 1. The number of carbonyl (C=O) groups excluding carboxylic acids is 1. The van der Waals surface area contributed by atoms with Crippen LogP contribution in [0.4, 0.5) is 0 Å². The summed E-state index contributed by atoms with van der Waals surface area (Å²) in [6.07, 6.45) is 4.26. The topological polar surface area (TPSA) is 59.7 Å². The molecule has 0 aliphatic heterocycles. The van der Waals surface area contributed by atoms with Crippen molar-refractivity contribution in [3.8, 4) is 0 Å². The van der Waals surface area contributed by atoms with Crippen LogP contribution in [0.3, 0.4) is 0 Å². The summed E-state index contributed by atoms with van der Waals surface area (Å²) in [4.78, 5) is 11.2. The van der Waals surface area contributed by atoms with Gasteiger partial charge in [0.2, 0.25) is 5.76 Å². The molecular formula is C13H18O4. The van der Waals surface area contributed by atoms with E-state index in [1.807, 2.05) is 0 Å². The molecule has 0 saturated heterocycles. The van der Waals surface area contributed by atoms with Crippen LogP contribution >= 0.6 is 0 Å². The Bertz CT molecular complexity index is 401. The number of ether oxygens (including phenoxy) is 1. The first-order chi connectivity index (χ1) is 8.03. The Morgan fingerprint density at radius 2 is 2.29 bits per heavy atom. The number of rotatable bonds is 4. The van der Waals surface area contributed by atoms with Crippen LogP contribution in [0.1, 0.15) is 48.9 Å². The summed E-state index contributed by atoms with van der Waals surface area (Å²) in [7, 11) is 1.30. The molecule has 1 aliphatic carbocycles. The van der Waals surface area contributed by atoms with Crippen LogP contribution in [0.25, 0.3) is 0 Å². The molecule has 1 saturated carbocycles. The van der Waals surface area contributed by atoms with Gasteiger partial charge in [-0.2, -0.15) is 0 Å². The largest absolute Gasteiger partial charge is 0.463 e. The zero-order valence-corrected chi connectivity index (χ0v) is 10.2. The van der Waals surface area contributed by atoms with Crippen molar-refractivity contribution in [2.45, 2.75) is 38.2 Å². The highest BCUT2D eigenvalue weighted by Crippen LogP contribution is 2.38. The minimum Gasteiger partial charge on any atom is -0.463 e. The predicted molar refractivity (Wildman–Crippen MR) is 61.6 cm³/mol. The van der Waals surface area contributed by atoms with Crippen LogP contribution in [-0.4, -0.2) is 18.2 Å². The Hall–Kier alpha value is -1.29. The summed E-state index contributed by atoms with van der Waals surface area (Å²) >= 11 is 0. The van der Waals surface area contributed by atoms with E-state index < -0.39 is 11.6 Å². The number of hydrogen-bond acceptors (Lipinski definition) is 4. The quantitative estimate of drug-likeness (QED) is 0.818. The van der Waals surface area contributed by atoms with Crippen molar-refractivity contribution in [2.24, 2.45) is 5.92 Å². The highest BCUT2D eigenvalue weighted by Gasteiger charge is 2.33. The van der Waals surface area contributed by atoms with Crippen molar-refractivity contribution in [2.75, 3.05) is 7.11 Å². The van der Waals surface area contributed by atoms with Crippen molar-refractivity contribution >= 4 is 5.97 Å². The van der Waals surface area contributed by atoms with Crippen molar-refractivity contribution in [3.05, 3.63) is 23.7 Å². The van der Waals surface area contributed by atoms with Crippen LogP contribution in [-0.2, 0) is 10.3 Å². The van der Waals surface area contributed by atoms with Gasteiger partial charge in [-0.25, -0.2) is 4.79 Å².